The number of amides is 1. The van der Waals surface area contributed by atoms with E-state index in [0.717, 1.165) is 5.56 Å². The maximum absolute atomic E-state index is 12.7. The van der Waals surface area contributed by atoms with E-state index in [-0.39, 0.29) is 25.0 Å². The van der Waals surface area contributed by atoms with Gasteiger partial charge in [-0.3, -0.25) is 9.59 Å². The maximum Gasteiger partial charge on any atom is 0.309 e. The highest BCUT2D eigenvalue weighted by Crippen LogP contribution is 2.37. The number of ether oxygens (including phenoxy) is 1. The summed E-state index contributed by atoms with van der Waals surface area (Å²) in [4.78, 5) is 30.5. The summed E-state index contributed by atoms with van der Waals surface area (Å²) >= 11 is 0. The Labute approximate surface area is 152 Å². The highest BCUT2D eigenvalue weighted by Gasteiger charge is 2.43. The third-order valence-corrected chi connectivity index (χ3v) is 4.97. The highest BCUT2D eigenvalue weighted by atomic mass is 16.5. The largest absolute Gasteiger partial charge is 0.481 e. The second-order valence-electron chi connectivity index (χ2n) is 6.51. The number of carboxylic acid groups (broad SMARTS) is 1. The van der Waals surface area contributed by atoms with E-state index in [9.17, 15) is 14.7 Å². The van der Waals surface area contributed by atoms with E-state index in [1.807, 2.05) is 37.4 Å². The van der Waals surface area contributed by atoms with Crippen molar-refractivity contribution in [2.45, 2.75) is 25.0 Å². The van der Waals surface area contributed by atoms with Gasteiger partial charge in [0.1, 0.15) is 11.9 Å². The van der Waals surface area contributed by atoms with Gasteiger partial charge in [0.05, 0.1) is 18.6 Å². The van der Waals surface area contributed by atoms with Crippen LogP contribution in [0.1, 0.15) is 36.4 Å². The van der Waals surface area contributed by atoms with Gasteiger partial charge in [-0.1, -0.05) is 30.3 Å². The van der Waals surface area contributed by atoms with Crippen LogP contribution in [0.2, 0.25) is 0 Å². The molecule has 1 aromatic heterocycles. The van der Waals surface area contributed by atoms with Crippen molar-refractivity contribution in [2.75, 3.05) is 13.7 Å². The van der Waals surface area contributed by atoms with Gasteiger partial charge >= 0.3 is 5.97 Å². The zero-order valence-corrected chi connectivity index (χ0v) is 14.9. The van der Waals surface area contributed by atoms with Crippen molar-refractivity contribution in [3.05, 3.63) is 54.1 Å². The monoisotopic (exact) mass is 357 g/mol. The predicted octanol–water partition coefficient (Wildman–Crippen LogP) is 2.17. The van der Waals surface area contributed by atoms with Crippen LogP contribution >= 0.6 is 0 Å². The number of aliphatic carboxylic acids is 1. The van der Waals surface area contributed by atoms with E-state index in [0.29, 0.717) is 12.2 Å². The number of rotatable bonds is 6. The molecule has 1 aromatic carbocycles. The van der Waals surface area contributed by atoms with E-state index >= 15 is 0 Å². The molecule has 0 aliphatic carbocycles. The lowest BCUT2D eigenvalue weighted by atomic mass is 9.87. The predicted molar refractivity (Wildman–Crippen MR) is 94.2 cm³/mol. The number of hydrogen-bond donors (Lipinski definition) is 1. The van der Waals surface area contributed by atoms with Crippen LogP contribution in [0.5, 0.6) is 0 Å². The molecule has 2 aromatic rings. The van der Waals surface area contributed by atoms with Gasteiger partial charge < -0.3 is 19.3 Å². The van der Waals surface area contributed by atoms with Gasteiger partial charge in [0, 0.05) is 33.0 Å². The van der Waals surface area contributed by atoms with Crippen molar-refractivity contribution < 1.29 is 19.4 Å². The zero-order valence-electron chi connectivity index (χ0n) is 14.9. The number of likely N-dealkylation sites (tertiary alicyclic amines) is 1. The quantitative estimate of drug-likeness (QED) is 0.856. The second kappa shape index (κ2) is 7.70. The summed E-state index contributed by atoms with van der Waals surface area (Å²) in [5, 5.41) is 9.70. The molecular formula is C19H23N3O4. The van der Waals surface area contributed by atoms with Crippen molar-refractivity contribution in [1.82, 2.24) is 14.5 Å². The average molecular weight is 357 g/mol. The molecule has 1 unspecified atom stereocenters. The first-order valence-electron chi connectivity index (χ1n) is 8.60. The second-order valence-corrected chi connectivity index (χ2v) is 6.51. The van der Waals surface area contributed by atoms with Crippen LogP contribution in [0.3, 0.4) is 0 Å². The van der Waals surface area contributed by atoms with Crippen molar-refractivity contribution >= 4 is 11.9 Å². The van der Waals surface area contributed by atoms with Crippen LogP contribution in [0.4, 0.5) is 0 Å². The zero-order chi connectivity index (χ0) is 18.7. The van der Waals surface area contributed by atoms with Gasteiger partial charge in [-0.25, -0.2) is 4.98 Å². The molecule has 3 rings (SSSR count). The summed E-state index contributed by atoms with van der Waals surface area (Å²) in [5.74, 6) is -1.10. The van der Waals surface area contributed by atoms with Gasteiger partial charge in [0.15, 0.2) is 0 Å². The van der Waals surface area contributed by atoms with Gasteiger partial charge in [0.2, 0.25) is 5.91 Å². The van der Waals surface area contributed by atoms with Crippen LogP contribution in [-0.4, -0.2) is 45.1 Å². The molecule has 0 radical (unpaired) electrons. The van der Waals surface area contributed by atoms with Crippen LogP contribution < -0.4 is 0 Å². The lowest BCUT2D eigenvalue weighted by Gasteiger charge is -2.40. The standard InChI is InChI=1S/C19H23N3O4/c1-21-11-10-20-18(21)17-14(19(24)25)8-9-16(23)22(17)12-15(26-2)13-6-4-3-5-7-13/h3-7,10-11,14-15,17H,8-9,12H2,1-2H3,(H,24,25)/t14-,15?,17-/m0/s1. The highest BCUT2D eigenvalue weighted by molar-refractivity contribution is 5.81. The van der Waals surface area contributed by atoms with Crippen LogP contribution in [0, 0.1) is 5.92 Å². The van der Waals surface area contributed by atoms with Crippen LogP contribution in [-0.2, 0) is 21.4 Å². The van der Waals surface area contributed by atoms with Gasteiger partial charge in [-0.05, 0) is 12.0 Å². The Morgan fingerprint density at radius 1 is 1.38 bits per heavy atom. The van der Waals surface area contributed by atoms with E-state index < -0.39 is 17.9 Å². The lowest BCUT2D eigenvalue weighted by molar-refractivity contribution is -0.154. The van der Waals surface area contributed by atoms with E-state index in [4.69, 9.17) is 4.74 Å². The molecule has 7 nitrogen and oxygen atoms in total. The van der Waals surface area contributed by atoms with Crippen LogP contribution in [0.25, 0.3) is 0 Å². The molecule has 3 atom stereocenters. The average Bonchev–Trinajstić information content (AvgIpc) is 3.06. The Morgan fingerprint density at radius 3 is 2.69 bits per heavy atom. The van der Waals surface area contributed by atoms with Gasteiger partial charge in [0.25, 0.3) is 0 Å². The summed E-state index contributed by atoms with van der Waals surface area (Å²) in [5.41, 5.74) is 0.943. The SMILES string of the molecule is COC(CN1C(=O)CC[C@H](C(=O)O)[C@H]1c1nccn1C)c1ccccc1. The maximum atomic E-state index is 12.7. The number of piperidine rings is 1. The molecule has 7 heteroatoms. The summed E-state index contributed by atoms with van der Waals surface area (Å²) in [6.07, 6.45) is 3.57. The van der Waals surface area contributed by atoms with Gasteiger partial charge in [-0.15, -0.1) is 0 Å². The minimum Gasteiger partial charge on any atom is -0.481 e. The molecule has 1 aliphatic rings. The lowest BCUT2D eigenvalue weighted by Crippen LogP contribution is -2.48. The molecule has 2 heterocycles. The molecular weight excluding hydrogens is 334 g/mol. The van der Waals surface area contributed by atoms with E-state index in [1.54, 1.807) is 29.0 Å². The minimum atomic E-state index is -0.913. The fraction of sp³-hybridized carbons (Fsp3) is 0.421. The molecule has 26 heavy (non-hydrogen) atoms. The first-order valence-corrected chi connectivity index (χ1v) is 8.60. The molecule has 138 valence electrons. The Morgan fingerprint density at radius 2 is 2.12 bits per heavy atom. The van der Waals surface area contributed by atoms with Crippen molar-refractivity contribution in [3.8, 4) is 0 Å². The summed E-state index contributed by atoms with van der Waals surface area (Å²) in [7, 11) is 3.40. The molecule has 1 saturated heterocycles. The summed E-state index contributed by atoms with van der Waals surface area (Å²) in [6.45, 7) is 0.278. The molecule has 1 amide bonds. The van der Waals surface area contributed by atoms with Crippen molar-refractivity contribution in [3.63, 3.8) is 0 Å². The molecule has 0 spiro atoms. The normalized spacial score (nSPS) is 21.6. The number of carbonyl (C=O) groups excluding carboxylic acids is 1. The fourth-order valence-electron chi connectivity index (χ4n) is 3.57. The third kappa shape index (κ3) is 3.48. The summed E-state index contributed by atoms with van der Waals surface area (Å²) < 4.78 is 7.38. The summed E-state index contributed by atoms with van der Waals surface area (Å²) in [6, 6.07) is 9.00. The molecule has 1 N–H and O–H groups in total. The number of imidazole rings is 1. The van der Waals surface area contributed by atoms with Crippen molar-refractivity contribution in [2.24, 2.45) is 13.0 Å². The first-order chi connectivity index (χ1) is 12.5. The Kier molecular flexibility index (Phi) is 5.37. The Hall–Kier alpha value is -2.67. The number of aryl methyl sites for hydroxylation is 1. The Balaban J connectivity index is 1.96. The van der Waals surface area contributed by atoms with Crippen LogP contribution in [0.15, 0.2) is 42.7 Å². The number of carboxylic acids is 1. The van der Waals surface area contributed by atoms with E-state index in [1.165, 1.54) is 0 Å². The number of hydrogen-bond acceptors (Lipinski definition) is 4. The number of aromatic nitrogens is 2. The smallest absolute Gasteiger partial charge is 0.309 e. The molecule has 0 bridgehead atoms. The number of methoxy groups -OCH3 is 1. The fourth-order valence-corrected chi connectivity index (χ4v) is 3.57. The van der Waals surface area contributed by atoms with Crippen molar-refractivity contribution in [1.29, 1.82) is 0 Å². The molecule has 0 saturated carbocycles. The van der Waals surface area contributed by atoms with E-state index in [2.05, 4.69) is 4.98 Å². The first kappa shape index (κ1) is 18.1. The topological polar surface area (TPSA) is 84.7 Å². The Bertz CT molecular complexity index is 774. The number of nitrogens with zero attached hydrogens (tertiary/aromatic N) is 3. The minimum absolute atomic E-state index is 0.0755. The third-order valence-electron chi connectivity index (χ3n) is 4.97. The number of benzene rings is 1. The molecule has 1 aliphatic heterocycles. The molecule has 1 fully saturated rings. The van der Waals surface area contributed by atoms with Gasteiger partial charge in [-0.2, -0.15) is 0 Å². The number of carbonyl (C=O) groups is 2.